The van der Waals surface area contributed by atoms with Gasteiger partial charge in [0.05, 0.1) is 25.8 Å². The first-order chi connectivity index (χ1) is 15.4. The maximum Gasteiger partial charge on any atom is 0.253 e. The van der Waals surface area contributed by atoms with Gasteiger partial charge in [0, 0.05) is 26.2 Å². The first-order valence-electron chi connectivity index (χ1n) is 11.1. The minimum absolute atomic E-state index is 0. The van der Waals surface area contributed by atoms with Crippen LogP contribution in [0.3, 0.4) is 0 Å². The molecule has 182 valence electrons. The minimum atomic E-state index is -0.00865. The molecule has 1 unspecified atom stereocenters. The Bertz CT molecular complexity index is 901. The number of rotatable bonds is 10. The summed E-state index contributed by atoms with van der Waals surface area (Å²) in [4.78, 5) is 18.3. The van der Waals surface area contributed by atoms with Crippen LogP contribution in [0.15, 0.2) is 47.5 Å². The van der Waals surface area contributed by atoms with Crippen LogP contribution in [0.1, 0.15) is 55.2 Å². The van der Waals surface area contributed by atoms with Gasteiger partial charge in [0.1, 0.15) is 0 Å². The molecule has 1 atom stereocenters. The number of nitrogens with zero attached hydrogens (tertiary/aromatic N) is 2. The molecule has 0 heterocycles. The highest BCUT2D eigenvalue weighted by molar-refractivity contribution is 14.0. The van der Waals surface area contributed by atoms with E-state index in [1.54, 1.807) is 19.0 Å². The van der Waals surface area contributed by atoms with Crippen LogP contribution in [0.5, 0.6) is 11.5 Å². The van der Waals surface area contributed by atoms with E-state index in [1.165, 1.54) is 0 Å². The van der Waals surface area contributed by atoms with Crippen LogP contribution in [0.25, 0.3) is 0 Å². The van der Waals surface area contributed by atoms with Crippen LogP contribution < -0.4 is 20.1 Å². The van der Waals surface area contributed by atoms with Gasteiger partial charge in [-0.1, -0.05) is 18.2 Å². The van der Waals surface area contributed by atoms with Crippen molar-refractivity contribution in [2.45, 2.75) is 40.3 Å². The van der Waals surface area contributed by atoms with Crippen LogP contribution in [0.4, 0.5) is 0 Å². The van der Waals surface area contributed by atoms with Crippen LogP contribution in [-0.4, -0.2) is 50.6 Å². The Labute approximate surface area is 215 Å². The number of carbonyl (C=O) groups is 1. The monoisotopic (exact) mass is 568 g/mol. The molecule has 33 heavy (non-hydrogen) atoms. The number of halogens is 1. The zero-order valence-corrected chi connectivity index (χ0v) is 22.8. The highest BCUT2D eigenvalue weighted by Crippen LogP contribution is 2.30. The number of guanidine groups is 1. The Hall–Kier alpha value is -2.49. The van der Waals surface area contributed by atoms with Gasteiger partial charge in [-0.15, -0.1) is 24.0 Å². The molecule has 2 aromatic carbocycles. The molecule has 2 rings (SSSR count). The second-order valence-electron chi connectivity index (χ2n) is 7.53. The van der Waals surface area contributed by atoms with Crippen molar-refractivity contribution < 1.29 is 14.3 Å². The molecule has 0 aliphatic carbocycles. The number of ether oxygens (including phenoxy) is 2. The van der Waals surface area contributed by atoms with Crippen molar-refractivity contribution in [2.24, 2.45) is 4.99 Å². The summed E-state index contributed by atoms with van der Waals surface area (Å²) in [5.41, 5.74) is 2.78. The number of nitrogens with one attached hydrogen (secondary N) is 2. The molecule has 0 spiro atoms. The normalized spacial score (nSPS) is 11.8. The van der Waals surface area contributed by atoms with E-state index in [9.17, 15) is 4.79 Å². The summed E-state index contributed by atoms with van der Waals surface area (Å²) in [6.07, 6.45) is 0. The molecule has 0 aromatic heterocycles. The van der Waals surface area contributed by atoms with Crippen LogP contribution in [0.2, 0.25) is 0 Å². The molecule has 1 amide bonds. The number of hydrogen-bond donors (Lipinski definition) is 2. The van der Waals surface area contributed by atoms with E-state index in [-0.39, 0.29) is 35.9 Å². The first kappa shape index (κ1) is 28.5. The van der Waals surface area contributed by atoms with Crippen molar-refractivity contribution in [2.75, 3.05) is 33.9 Å². The van der Waals surface area contributed by atoms with E-state index in [0.717, 1.165) is 35.1 Å². The van der Waals surface area contributed by atoms with Crippen molar-refractivity contribution in [3.8, 4) is 11.5 Å². The highest BCUT2D eigenvalue weighted by atomic mass is 127. The van der Waals surface area contributed by atoms with E-state index >= 15 is 0 Å². The average Bonchev–Trinajstić information content (AvgIpc) is 2.78. The molecule has 0 aliphatic heterocycles. The van der Waals surface area contributed by atoms with Gasteiger partial charge >= 0.3 is 0 Å². The summed E-state index contributed by atoms with van der Waals surface area (Å²) in [7, 11) is 3.50. The van der Waals surface area contributed by atoms with Crippen LogP contribution in [0, 0.1) is 0 Å². The second kappa shape index (κ2) is 14.6. The van der Waals surface area contributed by atoms with Crippen molar-refractivity contribution in [1.29, 1.82) is 0 Å². The predicted molar refractivity (Wildman–Crippen MR) is 145 cm³/mol. The third-order valence-corrected chi connectivity index (χ3v) is 4.79. The molecule has 8 heteroatoms. The fraction of sp³-hybridized carbons (Fsp3) is 0.440. The van der Waals surface area contributed by atoms with E-state index in [2.05, 4.69) is 17.6 Å². The van der Waals surface area contributed by atoms with Gasteiger partial charge in [0.2, 0.25) is 0 Å². The summed E-state index contributed by atoms with van der Waals surface area (Å²) < 4.78 is 11.4. The van der Waals surface area contributed by atoms with Gasteiger partial charge < -0.3 is 25.0 Å². The zero-order valence-electron chi connectivity index (χ0n) is 20.5. The van der Waals surface area contributed by atoms with Crippen LogP contribution >= 0.6 is 24.0 Å². The van der Waals surface area contributed by atoms with Crippen molar-refractivity contribution in [1.82, 2.24) is 15.5 Å². The lowest BCUT2D eigenvalue weighted by Gasteiger charge is -2.20. The van der Waals surface area contributed by atoms with Crippen molar-refractivity contribution >= 4 is 35.8 Å². The summed E-state index contributed by atoms with van der Waals surface area (Å²) in [6.45, 7) is 10.5. The summed E-state index contributed by atoms with van der Waals surface area (Å²) in [6, 6.07) is 13.6. The number of benzene rings is 2. The Morgan fingerprint density at radius 1 is 1.00 bits per heavy atom. The molecule has 0 saturated carbocycles. The molecule has 2 N–H and O–H groups in total. The van der Waals surface area contributed by atoms with E-state index in [1.807, 2.05) is 63.2 Å². The lowest BCUT2D eigenvalue weighted by Crippen LogP contribution is -2.38. The summed E-state index contributed by atoms with van der Waals surface area (Å²) >= 11 is 0. The van der Waals surface area contributed by atoms with Crippen molar-refractivity contribution in [3.63, 3.8) is 0 Å². The topological polar surface area (TPSA) is 75.2 Å². The lowest BCUT2D eigenvalue weighted by atomic mass is 10.1. The fourth-order valence-corrected chi connectivity index (χ4v) is 3.13. The molecule has 2 aromatic rings. The smallest absolute Gasteiger partial charge is 0.253 e. The third-order valence-electron chi connectivity index (χ3n) is 4.79. The quantitative estimate of drug-likeness (QED) is 0.249. The summed E-state index contributed by atoms with van der Waals surface area (Å²) in [5.74, 6) is 2.21. The van der Waals surface area contributed by atoms with Gasteiger partial charge in [0.15, 0.2) is 17.5 Å². The highest BCUT2D eigenvalue weighted by Gasteiger charge is 2.13. The SMILES string of the molecule is CCNC(=NCc1ccc(C(=O)N(C)C)cc1)NC(C)c1ccc(OCC)c(OCC)c1.I. The average molecular weight is 569 g/mol. The number of aliphatic imine (C=N–C) groups is 1. The molecule has 0 radical (unpaired) electrons. The number of hydrogen-bond acceptors (Lipinski definition) is 4. The van der Waals surface area contributed by atoms with E-state index in [0.29, 0.717) is 25.3 Å². The van der Waals surface area contributed by atoms with Gasteiger partial charge in [0.25, 0.3) is 5.91 Å². The first-order valence-corrected chi connectivity index (χ1v) is 11.1. The Morgan fingerprint density at radius 3 is 2.21 bits per heavy atom. The molecule has 0 saturated heterocycles. The van der Waals surface area contributed by atoms with Gasteiger partial charge in [-0.2, -0.15) is 0 Å². The van der Waals surface area contributed by atoms with Crippen LogP contribution in [-0.2, 0) is 6.54 Å². The van der Waals surface area contributed by atoms with E-state index in [4.69, 9.17) is 14.5 Å². The molecular formula is C25H37IN4O3. The largest absolute Gasteiger partial charge is 0.490 e. The predicted octanol–water partition coefficient (Wildman–Crippen LogP) is 4.62. The molecular weight excluding hydrogens is 531 g/mol. The summed E-state index contributed by atoms with van der Waals surface area (Å²) in [5, 5.41) is 6.74. The number of carbonyl (C=O) groups excluding carboxylic acids is 1. The Morgan fingerprint density at radius 2 is 1.64 bits per heavy atom. The molecule has 0 bridgehead atoms. The fourth-order valence-electron chi connectivity index (χ4n) is 3.13. The van der Waals surface area contributed by atoms with Gasteiger partial charge in [-0.25, -0.2) is 4.99 Å². The molecule has 0 aliphatic rings. The second-order valence-corrected chi connectivity index (χ2v) is 7.53. The maximum atomic E-state index is 12.0. The minimum Gasteiger partial charge on any atom is -0.490 e. The molecule has 7 nitrogen and oxygen atoms in total. The van der Waals surface area contributed by atoms with E-state index < -0.39 is 0 Å². The standard InChI is InChI=1S/C25H36N4O3.HI/c1-7-26-25(27-17-19-10-12-20(13-11-19)24(30)29(5)6)28-18(4)21-14-15-22(31-8-2)23(16-21)32-9-3;/h10-16,18H,7-9,17H2,1-6H3,(H2,26,27,28);1H. The van der Waals surface area contributed by atoms with Gasteiger partial charge in [-0.05, 0) is 63.1 Å². The Kier molecular flexibility index (Phi) is 12.6. The molecule has 0 fully saturated rings. The van der Waals surface area contributed by atoms with Gasteiger partial charge in [-0.3, -0.25) is 4.79 Å². The number of amides is 1. The maximum absolute atomic E-state index is 12.0. The zero-order chi connectivity index (χ0) is 23.5. The lowest BCUT2D eigenvalue weighted by molar-refractivity contribution is 0.0827. The Balaban J connectivity index is 0.00000544. The third kappa shape index (κ3) is 8.75. The van der Waals surface area contributed by atoms with Crippen molar-refractivity contribution in [3.05, 3.63) is 59.2 Å².